The van der Waals surface area contributed by atoms with Gasteiger partial charge in [-0.2, -0.15) is 0 Å². The van der Waals surface area contributed by atoms with Crippen LogP contribution in [0, 0.1) is 0 Å². The number of pyridine rings is 1. The largest absolute Gasteiger partial charge is 0.293 e. The molecule has 0 atom stereocenters. The summed E-state index contributed by atoms with van der Waals surface area (Å²) in [7, 11) is 0. The lowest BCUT2D eigenvalue weighted by molar-refractivity contribution is -0.123. The SMILES string of the molecule is O=C(CCCCCN1C(=O)C(=Cc2cccs2)SC1=S)NNC(=O)c1ccncc1. The predicted octanol–water partition coefficient (Wildman–Crippen LogP) is 3.37. The highest BCUT2D eigenvalue weighted by molar-refractivity contribution is 8.26. The molecule has 30 heavy (non-hydrogen) atoms. The Kier molecular flexibility index (Phi) is 8.12. The Labute approximate surface area is 187 Å². The second-order valence-electron chi connectivity index (χ2n) is 6.40. The maximum atomic E-state index is 12.5. The van der Waals surface area contributed by atoms with E-state index in [-0.39, 0.29) is 18.2 Å². The lowest BCUT2D eigenvalue weighted by Crippen LogP contribution is -2.41. The second kappa shape index (κ2) is 11.0. The topological polar surface area (TPSA) is 91.4 Å². The number of carbonyl (C=O) groups excluding carboxylic acids is 3. The van der Waals surface area contributed by atoms with Crippen LogP contribution in [0.4, 0.5) is 0 Å². The van der Waals surface area contributed by atoms with Gasteiger partial charge in [-0.1, -0.05) is 36.5 Å². The van der Waals surface area contributed by atoms with Crippen molar-refractivity contribution in [1.29, 1.82) is 0 Å². The molecule has 0 radical (unpaired) electrons. The molecule has 2 N–H and O–H groups in total. The molecular formula is C20H20N4O3S3. The number of rotatable bonds is 8. The molecule has 0 aliphatic carbocycles. The van der Waals surface area contributed by atoms with E-state index in [0.29, 0.717) is 27.8 Å². The smallest absolute Gasteiger partial charge is 0.269 e. The second-order valence-corrected chi connectivity index (χ2v) is 9.05. The van der Waals surface area contributed by atoms with Gasteiger partial charge in [-0.3, -0.25) is 35.1 Å². The van der Waals surface area contributed by atoms with Gasteiger partial charge in [0.1, 0.15) is 4.32 Å². The maximum Gasteiger partial charge on any atom is 0.269 e. The van der Waals surface area contributed by atoms with Gasteiger partial charge in [0, 0.05) is 35.8 Å². The zero-order valence-corrected chi connectivity index (χ0v) is 18.4. The van der Waals surface area contributed by atoms with E-state index in [1.165, 1.54) is 24.2 Å². The molecule has 1 aliphatic heterocycles. The number of thioether (sulfide) groups is 1. The third kappa shape index (κ3) is 6.22. The number of hydrogen-bond acceptors (Lipinski definition) is 7. The van der Waals surface area contributed by atoms with E-state index in [9.17, 15) is 14.4 Å². The van der Waals surface area contributed by atoms with Crippen molar-refractivity contribution in [3.63, 3.8) is 0 Å². The van der Waals surface area contributed by atoms with Gasteiger partial charge in [0.15, 0.2) is 0 Å². The van der Waals surface area contributed by atoms with E-state index >= 15 is 0 Å². The van der Waals surface area contributed by atoms with Crippen LogP contribution in [0.25, 0.3) is 6.08 Å². The van der Waals surface area contributed by atoms with Gasteiger partial charge in [-0.25, -0.2) is 0 Å². The Bertz CT molecular complexity index is 945. The van der Waals surface area contributed by atoms with Gasteiger partial charge in [0.2, 0.25) is 5.91 Å². The Morgan fingerprint density at radius 2 is 1.93 bits per heavy atom. The van der Waals surface area contributed by atoms with E-state index in [0.717, 1.165) is 17.7 Å². The Balaban J connectivity index is 1.33. The number of amides is 3. The molecule has 156 valence electrons. The summed E-state index contributed by atoms with van der Waals surface area (Å²) < 4.78 is 0.569. The standard InChI is InChI=1S/C20H20N4O3S3/c25-17(22-23-18(26)14-7-9-21-10-8-14)6-2-1-3-11-24-19(27)16(30-20(24)28)13-15-5-4-12-29-15/h4-5,7-10,12-13H,1-3,6,11H2,(H,22,25)(H,23,26). The summed E-state index contributed by atoms with van der Waals surface area (Å²) in [4.78, 5) is 43.4. The fourth-order valence-electron chi connectivity index (χ4n) is 2.69. The number of thiophene rings is 1. The summed E-state index contributed by atoms with van der Waals surface area (Å²) in [6.45, 7) is 0.535. The van der Waals surface area contributed by atoms with Crippen LogP contribution in [0.3, 0.4) is 0 Å². The van der Waals surface area contributed by atoms with Crippen molar-refractivity contribution in [2.75, 3.05) is 6.54 Å². The third-order valence-corrected chi connectivity index (χ3v) is 6.43. The van der Waals surface area contributed by atoms with Gasteiger partial charge < -0.3 is 0 Å². The van der Waals surface area contributed by atoms with Crippen molar-refractivity contribution >= 4 is 63.4 Å². The number of aromatic nitrogens is 1. The lowest BCUT2D eigenvalue weighted by atomic mass is 10.2. The molecule has 0 unspecified atom stereocenters. The average Bonchev–Trinajstić information content (AvgIpc) is 3.35. The number of unbranched alkanes of at least 4 members (excludes halogenated alkanes) is 2. The molecule has 0 bridgehead atoms. The first-order chi connectivity index (χ1) is 14.5. The van der Waals surface area contributed by atoms with Crippen molar-refractivity contribution in [3.8, 4) is 0 Å². The molecule has 10 heteroatoms. The van der Waals surface area contributed by atoms with Crippen molar-refractivity contribution in [2.24, 2.45) is 0 Å². The molecule has 3 amide bonds. The van der Waals surface area contributed by atoms with Gasteiger partial charge in [-0.05, 0) is 42.5 Å². The van der Waals surface area contributed by atoms with Gasteiger partial charge >= 0.3 is 0 Å². The molecule has 2 aromatic heterocycles. The van der Waals surface area contributed by atoms with Crippen molar-refractivity contribution < 1.29 is 14.4 Å². The molecule has 7 nitrogen and oxygen atoms in total. The molecule has 1 aliphatic rings. The summed E-state index contributed by atoms with van der Waals surface area (Å²) in [6, 6.07) is 7.02. The van der Waals surface area contributed by atoms with Crippen molar-refractivity contribution in [1.82, 2.24) is 20.7 Å². The quantitative estimate of drug-likeness (QED) is 0.272. The Morgan fingerprint density at radius 1 is 1.13 bits per heavy atom. The maximum absolute atomic E-state index is 12.5. The molecule has 0 aromatic carbocycles. The van der Waals surface area contributed by atoms with Crippen LogP contribution in [0.1, 0.15) is 40.9 Å². The molecular weight excluding hydrogens is 440 g/mol. The minimum atomic E-state index is -0.393. The monoisotopic (exact) mass is 460 g/mol. The summed E-state index contributed by atoms with van der Waals surface area (Å²) in [6.07, 6.45) is 7.33. The average molecular weight is 461 g/mol. The number of hydrogen-bond donors (Lipinski definition) is 2. The van der Waals surface area contributed by atoms with Gasteiger partial charge in [-0.15, -0.1) is 11.3 Å². The number of nitrogens with zero attached hydrogens (tertiary/aromatic N) is 2. The van der Waals surface area contributed by atoms with E-state index in [1.807, 2.05) is 23.6 Å². The van der Waals surface area contributed by atoms with Crippen LogP contribution < -0.4 is 10.9 Å². The molecule has 1 fully saturated rings. The predicted molar refractivity (Wildman–Crippen MR) is 123 cm³/mol. The van der Waals surface area contributed by atoms with E-state index in [2.05, 4.69) is 15.8 Å². The van der Waals surface area contributed by atoms with Crippen LogP contribution in [0.5, 0.6) is 0 Å². The molecule has 0 saturated carbocycles. The number of hydrazine groups is 1. The summed E-state index contributed by atoms with van der Waals surface area (Å²) in [5, 5.41) is 1.97. The minimum absolute atomic E-state index is 0.0602. The molecule has 1 saturated heterocycles. The van der Waals surface area contributed by atoms with E-state index in [4.69, 9.17) is 12.2 Å². The van der Waals surface area contributed by atoms with Crippen molar-refractivity contribution in [3.05, 3.63) is 57.4 Å². The highest BCUT2D eigenvalue weighted by atomic mass is 32.2. The van der Waals surface area contributed by atoms with E-state index < -0.39 is 5.91 Å². The number of nitrogens with one attached hydrogen (secondary N) is 2. The number of thiocarbonyl (C=S) groups is 1. The fraction of sp³-hybridized carbons (Fsp3) is 0.250. The highest BCUT2D eigenvalue weighted by Crippen LogP contribution is 2.33. The van der Waals surface area contributed by atoms with E-state index in [1.54, 1.807) is 28.4 Å². The van der Waals surface area contributed by atoms with Crippen LogP contribution in [0.15, 0.2) is 46.9 Å². The Hall–Kier alpha value is -2.56. The normalized spacial score (nSPS) is 14.9. The first-order valence-electron chi connectivity index (χ1n) is 9.32. The highest BCUT2D eigenvalue weighted by Gasteiger charge is 2.31. The van der Waals surface area contributed by atoms with Crippen LogP contribution in [-0.2, 0) is 9.59 Å². The first-order valence-corrected chi connectivity index (χ1v) is 11.4. The minimum Gasteiger partial charge on any atom is -0.293 e. The zero-order chi connectivity index (χ0) is 21.3. The van der Waals surface area contributed by atoms with Crippen LogP contribution >= 0.6 is 35.3 Å². The fourth-order valence-corrected chi connectivity index (χ4v) is 4.72. The third-order valence-electron chi connectivity index (χ3n) is 4.23. The van der Waals surface area contributed by atoms with Gasteiger partial charge in [0.05, 0.1) is 4.91 Å². The molecule has 3 rings (SSSR count). The Morgan fingerprint density at radius 3 is 2.67 bits per heavy atom. The summed E-state index contributed by atoms with van der Waals surface area (Å²) in [5.41, 5.74) is 5.19. The molecule has 2 aromatic rings. The zero-order valence-electron chi connectivity index (χ0n) is 16.0. The molecule has 0 spiro atoms. The lowest BCUT2D eigenvalue weighted by Gasteiger charge is -2.14. The number of carbonyl (C=O) groups is 3. The van der Waals surface area contributed by atoms with Gasteiger partial charge in [0.25, 0.3) is 11.8 Å². The summed E-state index contributed by atoms with van der Waals surface area (Å²) >= 11 is 8.23. The first kappa shape index (κ1) is 22.1. The summed E-state index contributed by atoms with van der Waals surface area (Å²) in [5.74, 6) is -0.715. The van der Waals surface area contributed by atoms with Crippen LogP contribution in [0.2, 0.25) is 0 Å². The van der Waals surface area contributed by atoms with Crippen LogP contribution in [-0.4, -0.2) is 38.5 Å². The van der Waals surface area contributed by atoms with Crippen molar-refractivity contribution in [2.45, 2.75) is 25.7 Å². The molecule has 3 heterocycles.